The summed E-state index contributed by atoms with van der Waals surface area (Å²) >= 11 is 1.20. The highest BCUT2D eigenvalue weighted by Gasteiger charge is 2.17. The molecule has 0 unspecified atom stereocenters. The zero-order valence-electron chi connectivity index (χ0n) is 14.5. The number of imide groups is 1. The molecule has 3 amide bonds. The molecule has 0 radical (unpaired) electrons. The predicted octanol–water partition coefficient (Wildman–Crippen LogP) is 3.21. The normalized spacial score (nSPS) is 10.1. The summed E-state index contributed by atoms with van der Waals surface area (Å²) < 4.78 is 10.0. The number of benzene rings is 1. The van der Waals surface area contributed by atoms with Crippen molar-refractivity contribution in [3.63, 3.8) is 0 Å². The molecule has 2 rings (SSSR count). The average molecular weight is 376 g/mol. The minimum Gasteiger partial charge on any atom is -0.494 e. The molecular formula is C18H20N2O5S. The van der Waals surface area contributed by atoms with Crippen LogP contribution in [0.2, 0.25) is 0 Å². The maximum Gasteiger partial charge on any atom is 0.414 e. The Balaban J connectivity index is 1.96. The van der Waals surface area contributed by atoms with Crippen molar-refractivity contribution in [2.24, 2.45) is 0 Å². The molecule has 0 spiro atoms. The Labute approximate surface area is 155 Å². The summed E-state index contributed by atoms with van der Waals surface area (Å²) in [5, 5.41) is 6.84. The summed E-state index contributed by atoms with van der Waals surface area (Å²) in [5.74, 6) is -0.143. The second-order valence-electron chi connectivity index (χ2n) is 5.14. The standard InChI is InChI=1S/C18H20N2O5S/c1-3-24-13-7-5-12(6-8-13)11-15(21)19-17-14(9-10-26-17)16(22)20-18(23)25-4-2/h5-10H,3-4,11H2,1-2H3,(H,19,21)(H,20,22,23). The van der Waals surface area contributed by atoms with Gasteiger partial charge in [-0.05, 0) is 43.0 Å². The van der Waals surface area contributed by atoms with Crippen LogP contribution >= 0.6 is 11.3 Å². The number of rotatable bonds is 7. The lowest BCUT2D eigenvalue weighted by Gasteiger charge is -2.08. The van der Waals surface area contributed by atoms with Gasteiger partial charge in [-0.1, -0.05) is 12.1 Å². The summed E-state index contributed by atoms with van der Waals surface area (Å²) in [7, 11) is 0. The van der Waals surface area contributed by atoms with Crippen LogP contribution in [0.25, 0.3) is 0 Å². The van der Waals surface area contributed by atoms with Crippen LogP contribution < -0.4 is 15.4 Å². The van der Waals surface area contributed by atoms with Crippen molar-refractivity contribution in [2.75, 3.05) is 18.5 Å². The molecule has 0 aliphatic heterocycles. The van der Waals surface area contributed by atoms with Crippen LogP contribution in [0, 0.1) is 0 Å². The van der Waals surface area contributed by atoms with E-state index in [1.165, 1.54) is 17.4 Å². The largest absolute Gasteiger partial charge is 0.494 e. The van der Waals surface area contributed by atoms with Crippen LogP contribution in [0.15, 0.2) is 35.7 Å². The highest BCUT2D eigenvalue weighted by atomic mass is 32.1. The molecule has 1 heterocycles. The third-order valence-corrected chi connectivity index (χ3v) is 4.08. The Kier molecular flexibility index (Phi) is 7.16. The van der Waals surface area contributed by atoms with E-state index in [1.807, 2.05) is 19.1 Å². The number of ether oxygens (including phenoxy) is 2. The van der Waals surface area contributed by atoms with Crippen molar-refractivity contribution >= 4 is 34.2 Å². The van der Waals surface area contributed by atoms with Gasteiger partial charge in [0.15, 0.2) is 0 Å². The van der Waals surface area contributed by atoms with Gasteiger partial charge in [-0.25, -0.2) is 4.79 Å². The lowest BCUT2D eigenvalue weighted by atomic mass is 10.1. The van der Waals surface area contributed by atoms with Crippen LogP contribution in [0.3, 0.4) is 0 Å². The van der Waals surface area contributed by atoms with E-state index >= 15 is 0 Å². The average Bonchev–Trinajstić information content (AvgIpc) is 3.05. The summed E-state index contributed by atoms with van der Waals surface area (Å²) in [6.45, 7) is 4.28. The number of carbonyl (C=O) groups is 3. The fraction of sp³-hybridized carbons (Fsp3) is 0.278. The number of carbonyl (C=O) groups excluding carboxylic acids is 3. The molecule has 0 saturated heterocycles. The molecule has 1 aromatic heterocycles. The molecular weight excluding hydrogens is 356 g/mol. The van der Waals surface area contributed by atoms with Gasteiger partial charge in [0, 0.05) is 0 Å². The van der Waals surface area contributed by atoms with Gasteiger partial charge >= 0.3 is 6.09 Å². The van der Waals surface area contributed by atoms with Gasteiger partial charge in [0.25, 0.3) is 5.91 Å². The Morgan fingerprint density at radius 1 is 1.04 bits per heavy atom. The number of hydrogen-bond acceptors (Lipinski definition) is 6. The van der Waals surface area contributed by atoms with Crippen molar-refractivity contribution in [1.82, 2.24) is 5.32 Å². The first-order valence-corrected chi connectivity index (χ1v) is 8.98. The van der Waals surface area contributed by atoms with Crippen molar-refractivity contribution in [1.29, 1.82) is 0 Å². The molecule has 138 valence electrons. The predicted molar refractivity (Wildman–Crippen MR) is 98.8 cm³/mol. The smallest absolute Gasteiger partial charge is 0.414 e. The van der Waals surface area contributed by atoms with Gasteiger partial charge in [-0.2, -0.15) is 0 Å². The zero-order chi connectivity index (χ0) is 18.9. The van der Waals surface area contributed by atoms with E-state index < -0.39 is 12.0 Å². The number of nitrogens with one attached hydrogen (secondary N) is 2. The third-order valence-electron chi connectivity index (χ3n) is 3.25. The van der Waals surface area contributed by atoms with Crippen LogP contribution in [0.4, 0.5) is 9.80 Å². The van der Waals surface area contributed by atoms with E-state index in [1.54, 1.807) is 24.4 Å². The summed E-state index contributed by atoms with van der Waals surface area (Å²) in [4.78, 5) is 35.7. The second kappa shape index (κ2) is 9.57. The van der Waals surface area contributed by atoms with E-state index in [9.17, 15) is 14.4 Å². The SMILES string of the molecule is CCOC(=O)NC(=O)c1ccsc1NC(=O)Cc1ccc(OCC)cc1. The maximum atomic E-state index is 12.2. The maximum absolute atomic E-state index is 12.2. The van der Waals surface area contributed by atoms with E-state index in [-0.39, 0.29) is 24.5 Å². The van der Waals surface area contributed by atoms with E-state index in [0.717, 1.165) is 11.3 Å². The molecule has 8 heteroatoms. The Hall–Kier alpha value is -2.87. The summed E-state index contributed by atoms with van der Waals surface area (Å²) in [5.41, 5.74) is 1.03. The highest BCUT2D eigenvalue weighted by Crippen LogP contribution is 2.23. The molecule has 0 saturated carbocycles. The van der Waals surface area contributed by atoms with E-state index in [0.29, 0.717) is 11.6 Å². The summed E-state index contributed by atoms with van der Waals surface area (Å²) in [6.07, 6.45) is -0.668. The number of amides is 3. The second-order valence-corrected chi connectivity index (χ2v) is 6.06. The molecule has 7 nitrogen and oxygen atoms in total. The molecule has 1 aromatic carbocycles. The van der Waals surface area contributed by atoms with E-state index in [4.69, 9.17) is 4.74 Å². The highest BCUT2D eigenvalue weighted by molar-refractivity contribution is 7.14. The molecule has 0 atom stereocenters. The van der Waals surface area contributed by atoms with Crippen molar-refractivity contribution < 1.29 is 23.9 Å². The molecule has 0 aliphatic carbocycles. The zero-order valence-corrected chi connectivity index (χ0v) is 15.4. The van der Waals surface area contributed by atoms with Crippen molar-refractivity contribution in [2.45, 2.75) is 20.3 Å². The minimum atomic E-state index is -0.824. The number of thiophene rings is 1. The van der Waals surface area contributed by atoms with Gasteiger partial charge in [-0.15, -0.1) is 11.3 Å². The quantitative estimate of drug-likeness (QED) is 0.774. The number of hydrogen-bond donors (Lipinski definition) is 2. The first-order chi connectivity index (χ1) is 12.5. The van der Waals surface area contributed by atoms with Gasteiger partial charge in [0.05, 0.1) is 25.2 Å². The minimum absolute atomic E-state index is 0.156. The molecule has 0 fully saturated rings. The topological polar surface area (TPSA) is 93.7 Å². The number of anilines is 1. The number of alkyl carbamates (subject to hydrolysis) is 1. The van der Waals surface area contributed by atoms with Crippen LogP contribution in [0.1, 0.15) is 29.8 Å². The Bertz CT molecular complexity index is 770. The molecule has 2 aromatic rings. The molecule has 0 aliphatic rings. The molecule has 0 bridgehead atoms. The summed E-state index contributed by atoms with van der Waals surface area (Å²) in [6, 6.07) is 8.76. The van der Waals surface area contributed by atoms with Gasteiger partial charge in [0.1, 0.15) is 10.8 Å². The van der Waals surface area contributed by atoms with Gasteiger partial charge in [0.2, 0.25) is 5.91 Å². The van der Waals surface area contributed by atoms with Crippen molar-refractivity contribution in [3.05, 3.63) is 46.8 Å². The van der Waals surface area contributed by atoms with Crippen LogP contribution in [0.5, 0.6) is 5.75 Å². The van der Waals surface area contributed by atoms with Gasteiger partial charge in [-0.3, -0.25) is 14.9 Å². The van der Waals surface area contributed by atoms with Gasteiger partial charge < -0.3 is 14.8 Å². The Morgan fingerprint density at radius 3 is 2.42 bits per heavy atom. The monoisotopic (exact) mass is 376 g/mol. The first-order valence-electron chi connectivity index (χ1n) is 8.10. The fourth-order valence-corrected chi connectivity index (χ4v) is 2.94. The van der Waals surface area contributed by atoms with Crippen LogP contribution in [-0.4, -0.2) is 31.1 Å². The first kappa shape index (κ1) is 19.5. The fourth-order valence-electron chi connectivity index (χ4n) is 2.14. The lowest BCUT2D eigenvalue weighted by Crippen LogP contribution is -2.31. The lowest BCUT2D eigenvalue weighted by molar-refractivity contribution is -0.115. The third kappa shape index (κ3) is 5.59. The van der Waals surface area contributed by atoms with E-state index in [2.05, 4.69) is 15.4 Å². The molecule has 2 N–H and O–H groups in total. The Morgan fingerprint density at radius 2 is 1.77 bits per heavy atom. The van der Waals surface area contributed by atoms with Crippen LogP contribution in [-0.2, 0) is 16.0 Å². The molecule has 26 heavy (non-hydrogen) atoms. The van der Waals surface area contributed by atoms with Crippen molar-refractivity contribution in [3.8, 4) is 5.75 Å².